The molecule has 12 heavy (non-hydrogen) atoms. The SMILES string of the molecule is O=S(=O)(Cl)c1ccc(F)c(O)c1. The Morgan fingerprint density at radius 1 is 1.42 bits per heavy atom. The summed E-state index contributed by atoms with van der Waals surface area (Å²) in [6.07, 6.45) is 0. The Morgan fingerprint density at radius 3 is 2.42 bits per heavy atom. The highest BCUT2D eigenvalue weighted by Crippen LogP contribution is 2.22. The number of phenols is 1. The van der Waals surface area contributed by atoms with Gasteiger partial charge in [0.05, 0.1) is 4.90 Å². The Morgan fingerprint density at radius 2 is 2.00 bits per heavy atom. The van der Waals surface area contributed by atoms with Gasteiger partial charge in [-0.1, -0.05) is 0 Å². The summed E-state index contributed by atoms with van der Waals surface area (Å²) in [6, 6.07) is 2.54. The highest BCUT2D eigenvalue weighted by Gasteiger charge is 2.11. The van der Waals surface area contributed by atoms with E-state index in [0.29, 0.717) is 0 Å². The molecule has 6 heteroatoms. The van der Waals surface area contributed by atoms with E-state index >= 15 is 0 Å². The Kier molecular flexibility index (Phi) is 2.25. The van der Waals surface area contributed by atoms with Crippen molar-refractivity contribution in [3.63, 3.8) is 0 Å². The van der Waals surface area contributed by atoms with Crippen molar-refractivity contribution in [1.82, 2.24) is 0 Å². The summed E-state index contributed by atoms with van der Waals surface area (Å²) in [6.45, 7) is 0. The van der Waals surface area contributed by atoms with E-state index in [2.05, 4.69) is 0 Å². The Bertz CT molecular complexity index is 401. The van der Waals surface area contributed by atoms with E-state index in [-0.39, 0.29) is 4.90 Å². The van der Waals surface area contributed by atoms with Crippen molar-refractivity contribution in [3.05, 3.63) is 24.0 Å². The van der Waals surface area contributed by atoms with Crippen LogP contribution in [0.1, 0.15) is 0 Å². The van der Waals surface area contributed by atoms with Gasteiger partial charge in [0.2, 0.25) is 0 Å². The number of rotatable bonds is 1. The lowest BCUT2D eigenvalue weighted by Crippen LogP contribution is -1.90. The zero-order chi connectivity index (χ0) is 9.35. The molecule has 0 saturated carbocycles. The largest absolute Gasteiger partial charge is 0.505 e. The van der Waals surface area contributed by atoms with E-state index in [1.165, 1.54) is 0 Å². The fraction of sp³-hybridized carbons (Fsp3) is 0. The smallest absolute Gasteiger partial charge is 0.261 e. The van der Waals surface area contributed by atoms with Crippen molar-refractivity contribution in [2.75, 3.05) is 0 Å². The molecule has 0 bridgehead atoms. The van der Waals surface area contributed by atoms with Crippen LogP contribution in [0.5, 0.6) is 5.75 Å². The average molecular weight is 211 g/mol. The molecule has 1 rings (SSSR count). The van der Waals surface area contributed by atoms with Gasteiger partial charge in [0, 0.05) is 16.7 Å². The van der Waals surface area contributed by atoms with Gasteiger partial charge in [-0.05, 0) is 12.1 Å². The predicted molar refractivity (Wildman–Crippen MR) is 41.1 cm³/mol. The second kappa shape index (κ2) is 2.91. The number of hydrogen-bond donors (Lipinski definition) is 1. The minimum atomic E-state index is -3.90. The molecule has 0 spiro atoms. The maximum absolute atomic E-state index is 12.4. The fourth-order valence-electron chi connectivity index (χ4n) is 0.644. The normalized spacial score (nSPS) is 11.5. The lowest BCUT2D eigenvalue weighted by atomic mass is 10.3. The van der Waals surface area contributed by atoms with Gasteiger partial charge in [-0.15, -0.1) is 0 Å². The molecular weight excluding hydrogens is 207 g/mol. The van der Waals surface area contributed by atoms with Crippen LogP contribution in [-0.2, 0) is 9.05 Å². The maximum Gasteiger partial charge on any atom is 0.261 e. The van der Waals surface area contributed by atoms with E-state index in [4.69, 9.17) is 15.8 Å². The molecule has 3 nitrogen and oxygen atoms in total. The summed E-state index contributed by atoms with van der Waals surface area (Å²) in [5, 5.41) is 8.77. The third-order valence-electron chi connectivity index (χ3n) is 1.20. The molecule has 0 atom stereocenters. The number of aromatic hydroxyl groups is 1. The highest BCUT2D eigenvalue weighted by atomic mass is 35.7. The van der Waals surface area contributed by atoms with Crippen LogP contribution >= 0.6 is 10.7 Å². The first-order valence-electron chi connectivity index (χ1n) is 2.84. The summed E-state index contributed by atoms with van der Waals surface area (Å²) >= 11 is 0. The molecule has 0 aliphatic heterocycles. The summed E-state index contributed by atoms with van der Waals surface area (Å²) < 4.78 is 33.7. The van der Waals surface area contributed by atoms with Crippen LogP contribution in [0.15, 0.2) is 23.1 Å². The molecule has 1 aromatic carbocycles. The number of phenolic OH excluding ortho intramolecular Hbond substituents is 1. The van der Waals surface area contributed by atoms with Gasteiger partial charge in [-0.3, -0.25) is 0 Å². The second-order valence-corrected chi connectivity index (χ2v) is 4.62. The van der Waals surface area contributed by atoms with E-state index in [1.807, 2.05) is 0 Å². The van der Waals surface area contributed by atoms with Crippen molar-refractivity contribution in [1.29, 1.82) is 0 Å². The van der Waals surface area contributed by atoms with E-state index < -0.39 is 20.6 Å². The molecule has 1 N–H and O–H groups in total. The van der Waals surface area contributed by atoms with E-state index in [1.54, 1.807) is 0 Å². The molecule has 0 fully saturated rings. The third-order valence-corrected chi connectivity index (χ3v) is 2.55. The van der Waals surface area contributed by atoms with E-state index in [9.17, 15) is 12.8 Å². The molecule has 1 aromatic rings. The maximum atomic E-state index is 12.4. The highest BCUT2D eigenvalue weighted by molar-refractivity contribution is 8.13. The first-order chi connectivity index (χ1) is 5.41. The quantitative estimate of drug-likeness (QED) is 0.714. The van der Waals surface area contributed by atoms with Gasteiger partial charge in [-0.2, -0.15) is 0 Å². The standard InChI is InChI=1S/C6H4ClFO3S/c7-12(10,11)4-1-2-5(8)6(9)3-4/h1-3,9H. The number of benzene rings is 1. The Balaban J connectivity index is 3.33. The minimum Gasteiger partial charge on any atom is -0.505 e. The van der Waals surface area contributed by atoms with Crippen molar-refractivity contribution in [2.24, 2.45) is 0 Å². The summed E-state index contributed by atoms with van der Waals surface area (Å²) in [5.74, 6) is -1.63. The second-order valence-electron chi connectivity index (χ2n) is 2.05. The topological polar surface area (TPSA) is 54.4 Å². The third kappa shape index (κ3) is 1.86. The molecule has 0 aromatic heterocycles. The van der Waals surface area contributed by atoms with Gasteiger partial charge in [0.15, 0.2) is 11.6 Å². The van der Waals surface area contributed by atoms with Crippen LogP contribution in [0.3, 0.4) is 0 Å². The molecule has 66 valence electrons. The zero-order valence-electron chi connectivity index (χ0n) is 5.66. The Labute approximate surface area is 72.8 Å². The lowest BCUT2D eigenvalue weighted by molar-refractivity contribution is 0.430. The fourth-order valence-corrected chi connectivity index (χ4v) is 1.42. The Hall–Kier alpha value is -0.810. The molecule has 0 heterocycles. The summed E-state index contributed by atoms with van der Waals surface area (Å²) in [7, 11) is 1.03. The van der Waals surface area contributed by atoms with Crippen LogP contribution in [0.4, 0.5) is 4.39 Å². The van der Waals surface area contributed by atoms with Gasteiger partial charge < -0.3 is 5.11 Å². The summed E-state index contributed by atoms with van der Waals surface area (Å²) in [5.41, 5.74) is 0. The number of hydrogen-bond acceptors (Lipinski definition) is 3. The lowest BCUT2D eigenvalue weighted by Gasteiger charge is -1.97. The van der Waals surface area contributed by atoms with Gasteiger partial charge in [0.25, 0.3) is 9.05 Å². The van der Waals surface area contributed by atoms with Crippen LogP contribution < -0.4 is 0 Å². The van der Waals surface area contributed by atoms with Crippen molar-refractivity contribution in [3.8, 4) is 5.75 Å². The van der Waals surface area contributed by atoms with Crippen LogP contribution in [0.2, 0.25) is 0 Å². The van der Waals surface area contributed by atoms with Gasteiger partial charge in [-0.25, -0.2) is 12.8 Å². The van der Waals surface area contributed by atoms with Crippen LogP contribution in [0.25, 0.3) is 0 Å². The molecule has 0 saturated heterocycles. The first-order valence-corrected chi connectivity index (χ1v) is 5.15. The van der Waals surface area contributed by atoms with Crippen molar-refractivity contribution < 1.29 is 17.9 Å². The van der Waals surface area contributed by atoms with Crippen molar-refractivity contribution >= 4 is 19.7 Å². The summed E-state index contributed by atoms with van der Waals surface area (Å²) in [4.78, 5) is -0.330. The molecular formula is C6H4ClFO3S. The molecule has 0 aliphatic carbocycles. The predicted octanol–water partition coefficient (Wildman–Crippen LogP) is 1.46. The van der Waals surface area contributed by atoms with Crippen LogP contribution in [0, 0.1) is 5.82 Å². The van der Waals surface area contributed by atoms with Gasteiger partial charge >= 0.3 is 0 Å². The molecule has 0 aliphatic rings. The first kappa shape index (κ1) is 9.28. The number of halogens is 2. The minimum absolute atomic E-state index is 0.330. The molecule has 0 radical (unpaired) electrons. The average Bonchev–Trinajstić information content (AvgIpc) is 1.92. The molecule has 0 unspecified atom stereocenters. The van der Waals surface area contributed by atoms with Crippen LogP contribution in [-0.4, -0.2) is 13.5 Å². The van der Waals surface area contributed by atoms with Gasteiger partial charge in [0.1, 0.15) is 0 Å². The monoisotopic (exact) mass is 210 g/mol. The zero-order valence-corrected chi connectivity index (χ0v) is 7.23. The van der Waals surface area contributed by atoms with Crippen molar-refractivity contribution in [2.45, 2.75) is 4.90 Å². The molecule has 0 amide bonds. The van der Waals surface area contributed by atoms with E-state index in [0.717, 1.165) is 18.2 Å².